The predicted molar refractivity (Wildman–Crippen MR) is 94.1 cm³/mol. The van der Waals surface area contributed by atoms with E-state index in [1.807, 2.05) is 30.3 Å². The first-order valence-corrected chi connectivity index (χ1v) is 7.90. The van der Waals surface area contributed by atoms with Crippen LogP contribution in [0.25, 0.3) is 22.3 Å². The average Bonchev–Trinajstić information content (AvgIpc) is 2.62. The van der Waals surface area contributed by atoms with Crippen LogP contribution in [0.15, 0.2) is 42.5 Å². The van der Waals surface area contributed by atoms with Gasteiger partial charge in [0.1, 0.15) is 11.6 Å². The van der Waals surface area contributed by atoms with Gasteiger partial charge in [0.05, 0.1) is 18.7 Å². The molecule has 0 amide bonds. The molecule has 0 atom stereocenters. The number of nitrogen functional groups attached to an aromatic ring is 1. The van der Waals surface area contributed by atoms with Crippen molar-refractivity contribution in [2.24, 2.45) is 0 Å². The summed E-state index contributed by atoms with van der Waals surface area (Å²) >= 11 is 0. The zero-order chi connectivity index (χ0) is 16.5. The summed E-state index contributed by atoms with van der Waals surface area (Å²) < 4.78 is 5.44. The summed E-state index contributed by atoms with van der Waals surface area (Å²) in [5.74, 6) is 1.68. The molecular formula is C18H18N4O2. The number of anilines is 2. The number of phenolic OH excluding ortho intramolecular Hbond substituents is 1. The number of aromatic hydroxyl groups is 1. The summed E-state index contributed by atoms with van der Waals surface area (Å²) in [4.78, 5) is 11.6. The molecule has 0 aliphatic carbocycles. The van der Waals surface area contributed by atoms with Gasteiger partial charge in [-0.05, 0) is 42.5 Å². The lowest BCUT2D eigenvalue weighted by Gasteiger charge is -2.29. The molecule has 1 fully saturated rings. The number of fused-ring (bicyclic) bond motifs is 1. The second kappa shape index (κ2) is 5.98. The zero-order valence-electron chi connectivity index (χ0n) is 13.1. The summed E-state index contributed by atoms with van der Waals surface area (Å²) in [6.07, 6.45) is 0. The molecule has 1 aliphatic heterocycles. The number of benzene rings is 2. The third-order valence-electron chi connectivity index (χ3n) is 4.14. The standard InChI is InChI=1S/C18H18N4O2/c19-13-3-1-12(2-4-13)17-20-16-6-5-14(23)11-15(16)18(21-17)22-7-9-24-10-8-22/h1-6,11,23H,7-10,19H2. The van der Waals surface area contributed by atoms with E-state index in [0.717, 1.165) is 35.4 Å². The smallest absolute Gasteiger partial charge is 0.162 e. The van der Waals surface area contributed by atoms with Crippen molar-refractivity contribution in [3.8, 4) is 17.1 Å². The Kier molecular flexibility index (Phi) is 3.66. The fourth-order valence-corrected chi connectivity index (χ4v) is 2.88. The molecule has 24 heavy (non-hydrogen) atoms. The van der Waals surface area contributed by atoms with Gasteiger partial charge in [-0.3, -0.25) is 0 Å². The molecule has 0 spiro atoms. The molecule has 3 aromatic rings. The summed E-state index contributed by atoms with van der Waals surface area (Å²) in [5.41, 5.74) is 8.19. The highest BCUT2D eigenvalue weighted by Gasteiger charge is 2.18. The van der Waals surface area contributed by atoms with E-state index in [0.29, 0.717) is 24.7 Å². The number of morpholine rings is 1. The molecule has 0 radical (unpaired) electrons. The lowest BCUT2D eigenvalue weighted by atomic mass is 10.1. The maximum Gasteiger partial charge on any atom is 0.162 e. The van der Waals surface area contributed by atoms with Crippen molar-refractivity contribution in [1.29, 1.82) is 0 Å². The molecule has 2 heterocycles. The van der Waals surface area contributed by atoms with Crippen LogP contribution < -0.4 is 10.6 Å². The van der Waals surface area contributed by atoms with E-state index < -0.39 is 0 Å². The van der Waals surface area contributed by atoms with Gasteiger partial charge in [-0.15, -0.1) is 0 Å². The van der Waals surface area contributed by atoms with Crippen LogP contribution in [0, 0.1) is 0 Å². The fourth-order valence-electron chi connectivity index (χ4n) is 2.88. The van der Waals surface area contributed by atoms with Crippen LogP contribution >= 0.6 is 0 Å². The predicted octanol–water partition coefficient (Wildman–Crippen LogP) is 2.42. The molecule has 2 aromatic carbocycles. The van der Waals surface area contributed by atoms with E-state index in [9.17, 15) is 5.11 Å². The zero-order valence-corrected chi connectivity index (χ0v) is 13.1. The lowest BCUT2D eigenvalue weighted by Crippen LogP contribution is -2.37. The number of phenols is 1. The van der Waals surface area contributed by atoms with E-state index in [-0.39, 0.29) is 5.75 Å². The molecule has 0 unspecified atom stereocenters. The van der Waals surface area contributed by atoms with Gasteiger partial charge in [0.25, 0.3) is 0 Å². The van der Waals surface area contributed by atoms with Crippen LogP contribution in [-0.4, -0.2) is 41.4 Å². The molecule has 6 heteroatoms. The monoisotopic (exact) mass is 322 g/mol. The van der Waals surface area contributed by atoms with Crippen LogP contribution in [0.4, 0.5) is 11.5 Å². The molecule has 0 saturated carbocycles. The highest BCUT2D eigenvalue weighted by molar-refractivity contribution is 5.92. The summed E-state index contributed by atoms with van der Waals surface area (Å²) in [6.45, 7) is 2.87. The topological polar surface area (TPSA) is 84.5 Å². The second-order valence-corrected chi connectivity index (χ2v) is 5.79. The second-order valence-electron chi connectivity index (χ2n) is 5.79. The van der Waals surface area contributed by atoms with Gasteiger partial charge < -0.3 is 20.5 Å². The van der Waals surface area contributed by atoms with Crippen LogP contribution in [0.3, 0.4) is 0 Å². The van der Waals surface area contributed by atoms with Crippen molar-refractivity contribution < 1.29 is 9.84 Å². The highest BCUT2D eigenvalue weighted by atomic mass is 16.5. The summed E-state index contributed by atoms with van der Waals surface area (Å²) in [6, 6.07) is 12.7. The minimum Gasteiger partial charge on any atom is -0.508 e. The Hall–Kier alpha value is -2.86. The molecule has 122 valence electrons. The van der Waals surface area contributed by atoms with Gasteiger partial charge in [0.15, 0.2) is 5.82 Å². The molecule has 1 saturated heterocycles. The first kappa shape index (κ1) is 14.7. The van der Waals surface area contributed by atoms with Crippen molar-refractivity contribution in [3.63, 3.8) is 0 Å². The summed E-state index contributed by atoms with van der Waals surface area (Å²) in [5, 5.41) is 10.7. The van der Waals surface area contributed by atoms with Crippen molar-refractivity contribution in [2.75, 3.05) is 36.9 Å². The van der Waals surface area contributed by atoms with Gasteiger partial charge in [0.2, 0.25) is 0 Å². The van der Waals surface area contributed by atoms with Gasteiger partial charge >= 0.3 is 0 Å². The molecule has 1 aliphatic rings. The van der Waals surface area contributed by atoms with E-state index in [1.165, 1.54) is 0 Å². The van der Waals surface area contributed by atoms with E-state index in [2.05, 4.69) is 9.88 Å². The Balaban J connectivity index is 1.89. The molecule has 1 aromatic heterocycles. The van der Waals surface area contributed by atoms with Crippen molar-refractivity contribution in [1.82, 2.24) is 9.97 Å². The third-order valence-corrected chi connectivity index (χ3v) is 4.14. The summed E-state index contributed by atoms with van der Waals surface area (Å²) in [7, 11) is 0. The van der Waals surface area contributed by atoms with Crippen LogP contribution in [0.1, 0.15) is 0 Å². The number of hydrogen-bond donors (Lipinski definition) is 2. The Bertz CT molecular complexity index is 874. The number of aromatic nitrogens is 2. The fraction of sp³-hybridized carbons (Fsp3) is 0.222. The number of hydrogen-bond acceptors (Lipinski definition) is 6. The Morgan fingerprint density at radius 2 is 1.75 bits per heavy atom. The van der Waals surface area contributed by atoms with Crippen molar-refractivity contribution >= 4 is 22.4 Å². The van der Waals surface area contributed by atoms with Crippen molar-refractivity contribution in [2.45, 2.75) is 0 Å². The third kappa shape index (κ3) is 2.72. The molecule has 6 nitrogen and oxygen atoms in total. The first-order valence-electron chi connectivity index (χ1n) is 7.90. The minimum absolute atomic E-state index is 0.209. The average molecular weight is 322 g/mol. The lowest BCUT2D eigenvalue weighted by molar-refractivity contribution is 0.122. The van der Waals surface area contributed by atoms with Gasteiger partial charge in [-0.25, -0.2) is 9.97 Å². The maximum absolute atomic E-state index is 9.86. The van der Waals surface area contributed by atoms with E-state index in [4.69, 9.17) is 15.5 Å². The number of rotatable bonds is 2. The van der Waals surface area contributed by atoms with Crippen LogP contribution in [0.5, 0.6) is 5.75 Å². The SMILES string of the molecule is Nc1ccc(-c2nc(N3CCOCC3)c3cc(O)ccc3n2)cc1. The number of nitrogens with two attached hydrogens (primary N) is 1. The van der Waals surface area contributed by atoms with Gasteiger partial charge in [0, 0.05) is 29.7 Å². The van der Waals surface area contributed by atoms with E-state index in [1.54, 1.807) is 12.1 Å². The maximum atomic E-state index is 9.86. The molecule has 4 rings (SSSR count). The van der Waals surface area contributed by atoms with Gasteiger partial charge in [-0.2, -0.15) is 0 Å². The minimum atomic E-state index is 0.209. The Labute approximate surface area is 139 Å². The Morgan fingerprint density at radius 3 is 2.50 bits per heavy atom. The molecule has 3 N–H and O–H groups in total. The largest absolute Gasteiger partial charge is 0.508 e. The van der Waals surface area contributed by atoms with Crippen LogP contribution in [-0.2, 0) is 4.74 Å². The number of nitrogens with zero attached hydrogens (tertiary/aromatic N) is 3. The number of ether oxygens (including phenoxy) is 1. The van der Waals surface area contributed by atoms with Crippen molar-refractivity contribution in [3.05, 3.63) is 42.5 Å². The highest BCUT2D eigenvalue weighted by Crippen LogP contribution is 2.30. The van der Waals surface area contributed by atoms with E-state index >= 15 is 0 Å². The Morgan fingerprint density at radius 1 is 1.00 bits per heavy atom. The molecular weight excluding hydrogens is 304 g/mol. The molecule has 0 bridgehead atoms. The first-order chi connectivity index (χ1) is 11.7. The normalized spacial score (nSPS) is 14.9. The quantitative estimate of drug-likeness (QED) is 0.705. The van der Waals surface area contributed by atoms with Crippen LogP contribution in [0.2, 0.25) is 0 Å². The van der Waals surface area contributed by atoms with Gasteiger partial charge in [-0.1, -0.05) is 0 Å².